The first-order chi connectivity index (χ1) is 13.4. The highest BCUT2D eigenvalue weighted by molar-refractivity contribution is 7.93. The molecule has 1 saturated heterocycles. The van der Waals surface area contributed by atoms with Crippen LogP contribution in [0, 0.1) is 10.1 Å². The number of benzene rings is 1. The van der Waals surface area contributed by atoms with Gasteiger partial charge >= 0.3 is 5.69 Å². The van der Waals surface area contributed by atoms with Gasteiger partial charge in [-0.25, -0.2) is 13.4 Å². The zero-order valence-electron chi connectivity index (χ0n) is 15.0. The zero-order chi connectivity index (χ0) is 19.9. The highest BCUT2D eigenvalue weighted by Gasteiger charge is 2.39. The molecule has 2 aliphatic rings. The van der Waals surface area contributed by atoms with Crippen molar-refractivity contribution in [1.82, 2.24) is 4.98 Å². The Hall–Kier alpha value is -2.39. The summed E-state index contributed by atoms with van der Waals surface area (Å²) in [6.45, 7) is 1.10. The second kappa shape index (κ2) is 7.21. The van der Waals surface area contributed by atoms with E-state index in [-0.39, 0.29) is 23.1 Å². The maximum atomic E-state index is 13.3. The van der Waals surface area contributed by atoms with Crippen LogP contribution in [-0.2, 0) is 16.4 Å². The molecule has 0 N–H and O–H groups in total. The number of anilines is 2. The van der Waals surface area contributed by atoms with Crippen LogP contribution in [0.15, 0.2) is 36.5 Å². The summed E-state index contributed by atoms with van der Waals surface area (Å²) >= 11 is 5.85. The van der Waals surface area contributed by atoms with Gasteiger partial charge in [-0.3, -0.25) is 14.4 Å². The molecular weight excluding hydrogens is 404 g/mol. The standard InChI is InChI=1S/C18H19ClN4O4S/c19-14-10-17(23(24)25)18(20-11-14)21-8-3-5-15(12-21)28(26,27)22-9-7-13-4-1-2-6-16(13)22/h1-2,4,6,10-11,15H,3,5,7-9,12H2. The lowest BCUT2D eigenvalue weighted by Gasteiger charge is -2.35. The van der Waals surface area contributed by atoms with E-state index in [9.17, 15) is 18.5 Å². The van der Waals surface area contributed by atoms with Crippen LogP contribution in [0.1, 0.15) is 18.4 Å². The summed E-state index contributed by atoms with van der Waals surface area (Å²) in [5, 5.41) is 10.9. The largest absolute Gasteiger partial charge is 0.350 e. The molecule has 3 heterocycles. The average molecular weight is 423 g/mol. The molecule has 0 aliphatic carbocycles. The van der Waals surface area contributed by atoms with E-state index in [1.54, 1.807) is 4.90 Å². The summed E-state index contributed by atoms with van der Waals surface area (Å²) in [5.41, 5.74) is 1.54. The summed E-state index contributed by atoms with van der Waals surface area (Å²) in [6, 6.07) is 8.76. The number of hydrogen-bond acceptors (Lipinski definition) is 6. The monoisotopic (exact) mass is 422 g/mol. The second-order valence-corrected chi connectivity index (χ2v) is 9.53. The Labute approximate surface area is 167 Å². The van der Waals surface area contributed by atoms with Crippen LogP contribution in [0.5, 0.6) is 0 Å². The van der Waals surface area contributed by atoms with E-state index in [0.29, 0.717) is 32.4 Å². The van der Waals surface area contributed by atoms with Crippen LogP contribution in [-0.4, -0.2) is 43.2 Å². The first-order valence-corrected chi connectivity index (χ1v) is 10.9. The lowest BCUT2D eigenvalue weighted by Crippen LogP contribution is -2.48. The van der Waals surface area contributed by atoms with Crippen molar-refractivity contribution in [3.8, 4) is 0 Å². The minimum Gasteiger partial charge on any atom is -0.350 e. The summed E-state index contributed by atoms with van der Waals surface area (Å²) in [6.07, 6.45) is 3.16. The number of halogens is 1. The third-order valence-electron chi connectivity index (χ3n) is 5.26. The van der Waals surface area contributed by atoms with E-state index in [1.165, 1.54) is 16.6 Å². The van der Waals surface area contributed by atoms with Crippen LogP contribution >= 0.6 is 11.6 Å². The molecule has 2 aliphatic heterocycles. The van der Waals surface area contributed by atoms with E-state index in [4.69, 9.17) is 11.6 Å². The number of nitro groups is 1. The summed E-state index contributed by atoms with van der Waals surface area (Å²) in [5.74, 6) is 0.163. The van der Waals surface area contributed by atoms with E-state index in [0.717, 1.165) is 11.3 Å². The molecule has 0 spiro atoms. The van der Waals surface area contributed by atoms with Gasteiger partial charge in [0.2, 0.25) is 15.8 Å². The third-order valence-corrected chi connectivity index (χ3v) is 7.69. The zero-order valence-corrected chi connectivity index (χ0v) is 16.6. The predicted octanol–water partition coefficient (Wildman–Crippen LogP) is 3.00. The molecule has 10 heteroatoms. The Morgan fingerprint density at radius 3 is 2.82 bits per heavy atom. The molecule has 0 radical (unpaired) electrons. The topological polar surface area (TPSA) is 96.6 Å². The SMILES string of the molecule is O=[N+]([O-])c1cc(Cl)cnc1N1CCCC(S(=O)(=O)N2CCc3ccccc32)C1. The van der Waals surface area contributed by atoms with Crippen LogP contribution < -0.4 is 9.21 Å². The van der Waals surface area contributed by atoms with Crippen molar-refractivity contribution < 1.29 is 13.3 Å². The summed E-state index contributed by atoms with van der Waals surface area (Å²) < 4.78 is 28.1. The molecule has 2 aromatic rings. The van der Waals surface area contributed by atoms with Crippen molar-refractivity contribution >= 4 is 38.8 Å². The molecule has 1 unspecified atom stereocenters. The highest BCUT2D eigenvalue weighted by Crippen LogP contribution is 2.35. The van der Waals surface area contributed by atoms with Gasteiger partial charge in [-0.2, -0.15) is 0 Å². The van der Waals surface area contributed by atoms with Gasteiger partial charge in [0, 0.05) is 31.9 Å². The number of para-hydroxylation sites is 1. The fraction of sp³-hybridized carbons (Fsp3) is 0.389. The smallest absolute Gasteiger partial charge is 0.313 e. The van der Waals surface area contributed by atoms with Crippen molar-refractivity contribution in [3.05, 3.63) is 57.2 Å². The maximum Gasteiger partial charge on any atom is 0.313 e. The molecule has 1 aromatic carbocycles. The fourth-order valence-electron chi connectivity index (χ4n) is 3.93. The molecule has 8 nitrogen and oxygen atoms in total. The molecule has 4 rings (SSSR count). The Bertz CT molecular complexity index is 1030. The Morgan fingerprint density at radius 1 is 1.25 bits per heavy atom. The summed E-state index contributed by atoms with van der Waals surface area (Å²) in [4.78, 5) is 16.7. The number of pyridine rings is 1. The Balaban J connectivity index is 1.62. The van der Waals surface area contributed by atoms with Gasteiger partial charge in [0.15, 0.2) is 0 Å². The van der Waals surface area contributed by atoms with Crippen LogP contribution in [0.3, 0.4) is 0 Å². The normalized spacial score (nSPS) is 19.5. The minimum absolute atomic E-state index is 0.163. The molecule has 28 heavy (non-hydrogen) atoms. The van der Waals surface area contributed by atoms with Crippen molar-refractivity contribution in [2.45, 2.75) is 24.5 Å². The molecule has 0 amide bonds. The maximum absolute atomic E-state index is 13.3. The fourth-order valence-corrected chi connectivity index (χ4v) is 6.07. The molecule has 0 saturated carbocycles. The molecule has 148 valence electrons. The third kappa shape index (κ3) is 3.29. The molecule has 1 aromatic heterocycles. The first-order valence-electron chi connectivity index (χ1n) is 9.02. The quantitative estimate of drug-likeness (QED) is 0.555. The van der Waals surface area contributed by atoms with Gasteiger partial charge in [-0.1, -0.05) is 29.8 Å². The average Bonchev–Trinajstić information content (AvgIpc) is 3.13. The number of nitrogens with zero attached hydrogens (tertiary/aromatic N) is 4. The number of fused-ring (bicyclic) bond motifs is 1. The lowest BCUT2D eigenvalue weighted by molar-refractivity contribution is -0.384. The second-order valence-electron chi connectivity index (χ2n) is 6.96. The van der Waals surface area contributed by atoms with Crippen molar-refractivity contribution in [3.63, 3.8) is 0 Å². The number of piperidine rings is 1. The minimum atomic E-state index is -3.59. The van der Waals surface area contributed by atoms with Crippen LogP contribution in [0.4, 0.5) is 17.2 Å². The Morgan fingerprint density at radius 2 is 2.04 bits per heavy atom. The van der Waals surface area contributed by atoms with E-state index >= 15 is 0 Å². The predicted molar refractivity (Wildman–Crippen MR) is 108 cm³/mol. The summed E-state index contributed by atoms with van der Waals surface area (Å²) in [7, 11) is -3.59. The number of rotatable bonds is 4. The van der Waals surface area contributed by atoms with Gasteiger partial charge in [-0.15, -0.1) is 0 Å². The van der Waals surface area contributed by atoms with Crippen molar-refractivity contribution in [1.29, 1.82) is 0 Å². The molecule has 1 fully saturated rings. The van der Waals surface area contributed by atoms with E-state index in [1.807, 2.05) is 24.3 Å². The van der Waals surface area contributed by atoms with Gasteiger partial charge in [0.25, 0.3) is 0 Å². The number of hydrogen-bond donors (Lipinski definition) is 0. The van der Waals surface area contributed by atoms with Crippen LogP contribution in [0.2, 0.25) is 5.02 Å². The lowest BCUT2D eigenvalue weighted by atomic mass is 10.1. The van der Waals surface area contributed by atoms with Gasteiger partial charge < -0.3 is 4.90 Å². The van der Waals surface area contributed by atoms with Gasteiger partial charge in [0.1, 0.15) is 0 Å². The molecule has 0 bridgehead atoms. The van der Waals surface area contributed by atoms with Crippen molar-refractivity contribution in [2.75, 3.05) is 28.8 Å². The Kier molecular flexibility index (Phi) is 4.88. The first kappa shape index (κ1) is 18.9. The van der Waals surface area contributed by atoms with E-state index < -0.39 is 20.2 Å². The molecule has 1 atom stereocenters. The number of aromatic nitrogens is 1. The highest BCUT2D eigenvalue weighted by atomic mass is 35.5. The van der Waals surface area contributed by atoms with Gasteiger partial charge in [-0.05, 0) is 30.9 Å². The van der Waals surface area contributed by atoms with E-state index in [2.05, 4.69) is 4.98 Å². The molecular formula is C18H19ClN4O4S. The number of sulfonamides is 1. The van der Waals surface area contributed by atoms with Crippen molar-refractivity contribution in [2.24, 2.45) is 0 Å². The van der Waals surface area contributed by atoms with Crippen LogP contribution in [0.25, 0.3) is 0 Å². The van der Waals surface area contributed by atoms with Gasteiger partial charge in [0.05, 0.1) is 20.9 Å².